The van der Waals surface area contributed by atoms with Crippen LogP contribution in [0.4, 0.5) is 0 Å². The van der Waals surface area contributed by atoms with Gasteiger partial charge in [0.15, 0.2) is 0 Å². The molecule has 8 bridgehead atoms. The van der Waals surface area contributed by atoms with Crippen molar-refractivity contribution in [3.8, 4) is 0 Å². The molecule has 0 aliphatic carbocycles. The van der Waals surface area contributed by atoms with Crippen molar-refractivity contribution < 1.29 is 18.3 Å². The molecule has 5 nitrogen and oxygen atoms in total. The molecule has 0 spiro atoms. The molecule has 6 heterocycles. The molecule has 4 aromatic heterocycles. The molecule has 0 unspecified atom stereocenters. The number of aromatic nitrogens is 5. The Morgan fingerprint density at radius 1 is 0.516 bits per heavy atom. The second kappa shape index (κ2) is 8.62. The van der Waals surface area contributed by atoms with E-state index in [1.54, 1.807) is 0 Å². The number of aromatic amines is 2. The molecule has 0 amide bonds. The third kappa shape index (κ3) is 4.93. The molecule has 6 rings (SSSR count). The Morgan fingerprint density at radius 3 is 1.16 bits per heavy atom. The quantitative estimate of drug-likeness (QED) is 0.321. The standard InChI is InChI=1S/C20H14N4.C5H4N.Zn/c1-2-14-10-16-5-6-18(23-16)12-20-8-7-19(24-20)11-17-4-3-15(22-17)9-13(1)21-14;1-2-4-6-5-3-1;/h1-12,21,24H;2-5H;. The second-order valence-electron chi connectivity index (χ2n) is 7.26. The van der Waals surface area contributed by atoms with Gasteiger partial charge >= 0.3 is 52.0 Å². The van der Waals surface area contributed by atoms with E-state index < -0.39 is 0 Å². The van der Waals surface area contributed by atoms with Gasteiger partial charge in [0, 0.05) is 22.1 Å². The number of nitrogens with one attached hydrogen (secondary N) is 2. The molecule has 0 fully saturated rings. The number of nitrogens with zero attached hydrogens (tertiary/aromatic N) is 3. The topological polar surface area (TPSA) is 70.2 Å². The number of hydrogen-bond donors (Lipinski definition) is 2. The van der Waals surface area contributed by atoms with E-state index in [-0.39, 0.29) is 0 Å². The van der Waals surface area contributed by atoms with Crippen molar-refractivity contribution in [2.75, 3.05) is 0 Å². The Kier molecular flexibility index (Phi) is 5.38. The van der Waals surface area contributed by atoms with E-state index >= 15 is 0 Å². The second-order valence-corrected chi connectivity index (χ2v) is 8.97. The number of fused-ring (bicyclic) bond motifs is 8. The SMILES string of the molecule is C1=Cc2cc3ccc(cc4nc(cc5ccc(cc1n2)[nH]5)C=C4)[nH]3.[Zn][c]1ccncc1. The summed E-state index contributed by atoms with van der Waals surface area (Å²) in [5.41, 5.74) is 7.86. The third-order valence-corrected chi connectivity index (χ3v) is 5.78. The average Bonchev–Trinajstić information content (AvgIpc) is 3.55. The Hall–Kier alpha value is -3.63. The number of rotatable bonds is 0. The van der Waals surface area contributed by atoms with Crippen LogP contribution in [0.25, 0.3) is 46.4 Å². The zero-order valence-electron chi connectivity index (χ0n) is 16.8. The first-order chi connectivity index (χ1) is 15.2. The van der Waals surface area contributed by atoms with Gasteiger partial charge in [-0.2, -0.15) is 0 Å². The minimum absolute atomic E-state index is 0.939. The molecule has 0 saturated carbocycles. The van der Waals surface area contributed by atoms with Crippen molar-refractivity contribution in [1.82, 2.24) is 24.9 Å². The molecule has 31 heavy (non-hydrogen) atoms. The molecule has 0 aromatic carbocycles. The fraction of sp³-hybridized carbons (Fsp3) is 0. The summed E-state index contributed by atoms with van der Waals surface area (Å²) in [7, 11) is 0. The Balaban J connectivity index is 0.000000250. The number of H-pyrrole nitrogens is 2. The van der Waals surface area contributed by atoms with E-state index in [9.17, 15) is 0 Å². The van der Waals surface area contributed by atoms with E-state index in [4.69, 9.17) is 0 Å². The van der Waals surface area contributed by atoms with Crippen molar-refractivity contribution >= 4 is 50.5 Å². The predicted molar refractivity (Wildman–Crippen MR) is 123 cm³/mol. The van der Waals surface area contributed by atoms with Crippen LogP contribution in [0.15, 0.2) is 73.1 Å². The summed E-state index contributed by atoms with van der Waals surface area (Å²) in [6.07, 6.45) is 11.7. The normalized spacial score (nSPS) is 11.8. The summed E-state index contributed by atoms with van der Waals surface area (Å²) < 4.78 is 1.38. The van der Waals surface area contributed by atoms with Gasteiger partial charge in [-0.15, -0.1) is 0 Å². The molecule has 0 radical (unpaired) electrons. The molecule has 2 aliphatic rings. The van der Waals surface area contributed by atoms with Gasteiger partial charge in [-0.05, 0) is 72.8 Å². The number of pyridine rings is 1. The molecular weight excluding hydrogens is 436 g/mol. The van der Waals surface area contributed by atoms with E-state index in [0.29, 0.717) is 0 Å². The average molecular weight is 454 g/mol. The number of hydrogen-bond acceptors (Lipinski definition) is 3. The van der Waals surface area contributed by atoms with Gasteiger partial charge < -0.3 is 9.97 Å². The van der Waals surface area contributed by atoms with Crippen LogP contribution in [0.2, 0.25) is 0 Å². The van der Waals surface area contributed by atoms with Crippen LogP contribution in [-0.4, -0.2) is 24.9 Å². The van der Waals surface area contributed by atoms with E-state index in [1.165, 1.54) is 22.5 Å². The molecule has 145 valence electrons. The molecule has 4 aromatic rings. The van der Waals surface area contributed by atoms with Crippen LogP contribution in [0.5, 0.6) is 0 Å². The fourth-order valence-electron chi connectivity index (χ4n) is 3.33. The monoisotopic (exact) mass is 452 g/mol. The van der Waals surface area contributed by atoms with Gasteiger partial charge in [-0.25, -0.2) is 9.97 Å². The maximum atomic E-state index is 4.63. The maximum absolute atomic E-state index is 4.63. The summed E-state index contributed by atoms with van der Waals surface area (Å²) >= 11 is 1.22. The summed E-state index contributed by atoms with van der Waals surface area (Å²) in [4.78, 5) is 19.9. The minimum atomic E-state index is 0.939. The zero-order chi connectivity index (χ0) is 21.0. The van der Waals surface area contributed by atoms with Crippen LogP contribution in [0.3, 0.4) is 0 Å². The van der Waals surface area contributed by atoms with Gasteiger partial charge in [0.05, 0.1) is 22.8 Å². The van der Waals surface area contributed by atoms with Crippen molar-refractivity contribution in [1.29, 1.82) is 0 Å². The summed E-state index contributed by atoms with van der Waals surface area (Å²) in [5.74, 6) is 0. The molecule has 0 atom stereocenters. The summed E-state index contributed by atoms with van der Waals surface area (Å²) in [5, 5.41) is 0. The van der Waals surface area contributed by atoms with E-state index in [2.05, 4.69) is 49.2 Å². The third-order valence-electron chi connectivity index (χ3n) is 4.79. The van der Waals surface area contributed by atoms with Gasteiger partial charge in [-0.3, -0.25) is 0 Å². The van der Waals surface area contributed by atoms with Crippen molar-refractivity contribution in [3.05, 3.63) is 95.8 Å². The van der Waals surface area contributed by atoms with E-state index in [0.717, 1.165) is 44.8 Å². The molecule has 2 N–H and O–H groups in total. The predicted octanol–water partition coefficient (Wildman–Crippen LogP) is 4.91. The first kappa shape index (κ1) is 19.3. The Bertz CT molecular complexity index is 1270. The molecule has 2 aliphatic heterocycles. The van der Waals surface area contributed by atoms with Crippen LogP contribution < -0.4 is 4.16 Å². The first-order valence-corrected chi connectivity index (χ1v) is 11.4. The Morgan fingerprint density at radius 2 is 0.871 bits per heavy atom. The Labute approximate surface area is 189 Å². The molecular formula is C25H18N5Zn. The van der Waals surface area contributed by atoms with Crippen LogP contribution in [-0.2, 0) is 18.3 Å². The van der Waals surface area contributed by atoms with Crippen LogP contribution >= 0.6 is 0 Å². The molecule has 0 saturated heterocycles. The van der Waals surface area contributed by atoms with E-state index in [1.807, 2.05) is 73.1 Å². The molecule has 6 heteroatoms. The zero-order valence-corrected chi connectivity index (χ0v) is 19.8. The van der Waals surface area contributed by atoms with Gasteiger partial charge in [0.2, 0.25) is 0 Å². The van der Waals surface area contributed by atoms with Crippen molar-refractivity contribution in [2.24, 2.45) is 0 Å². The summed E-state index contributed by atoms with van der Waals surface area (Å²) in [6.45, 7) is 0. The van der Waals surface area contributed by atoms with Crippen LogP contribution in [0, 0.1) is 0 Å². The summed E-state index contributed by atoms with van der Waals surface area (Å²) in [6, 6.07) is 20.4. The fourth-order valence-corrected chi connectivity index (χ4v) is 3.77. The van der Waals surface area contributed by atoms with Gasteiger partial charge in [-0.1, -0.05) is 0 Å². The van der Waals surface area contributed by atoms with Crippen molar-refractivity contribution in [2.45, 2.75) is 0 Å². The van der Waals surface area contributed by atoms with Crippen LogP contribution in [0.1, 0.15) is 22.8 Å². The van der Waals surface area contributed by atoms with Gasteiger partial charge in [0.25, 0.3) is 0 Å². The van der Waals surface area contributed by atoms with Crippen molar-refractivity contribution in [3.63, 3.8) is 0 Å². The van der Waals surface area contributed by atoms with Gasteiger partial charge in [0.1, 0.15) is 0 Å². The first-order valence-electron chi connectivity index (χ1n) is 9.96.